The van der Waals surface area contributed by atoms with E-state index in [-0.39, 0.29) is 6.07 Å². The maximum atomic E-state index is 5.44. The standard InChI is InChI=1S/C10H8ClN3O/c11-7-15-9-4-6-13-10(14-9)8-3-1-2-5-12-8/h1-6H,7H2. The number of ether oxygens (including phenoxy) is 1. The van der Waals surface area contributed by atoms with Gasteiger partial charge in [-0.1, -0.05) is 17.7 Å². The van der Waals surface area contributed by atoms with Crippen molar-refractivity contribution in [1.82, 2.24) is 15.0 Å². The molecule has 0 radical (unpaired) electrons. The van der Waals surface area contributed by atoms with E-state index in [9.17, 15) is 0 Å². The van der Waals surface area contributed by atoms with Crippen LogP contribution < -0.4 is 4.74 Å². The van der Waals surface area contributed by atoms with Crippen LogP contribution in [0.15, 0.2) is 36.7 Å². The second-order valence-corrected chi connectivity index (χ2v) is 2.91. The van der Waals surface area contributed by atoms with Crippen molar-refractivity contribution >= 4 is 11.6 Å². The number of hydrogen-bond acceptors (Lipinski definition) is 4. The molecule has 5 heteroatoms. The lowest BCUT2D eigenvalue weighted by Gasteiger charge is -2.02. The Balaban J connectivity index is 2.33. The van der Waals surface area contributed by atoms with Gasteiger partial charge in [0.25, 0.3) is 0 Å². The summed E-state index contributed by atoms with van der Waals surface area (Å²) in [6.45, 7) is 0. The molecule has 0 aromatic carbocycles. The first kappa shape index (κ1) is 9.86. The molecule has 15 heavy (non-hydrogen) atoms. The zero-order valence-corrected chi connectivity index (χ0v) is 8.55. The summed E-state index contributed by atoms with van der Waals surface area (Å²) in [7, 11) is 0. The Hall–Kier alpha value is -1.68. The van der Waals surface area contributed by atoms with Gasteiger partial charge in [-0.15, -0.1) is 0 Å². The van der Waals surface area contributed by atoms with E-state index < -0.39 is 0 Å². The number of halogens is 1. The quantitative estimate of drug-likeness (QED) is 0.745. The molecule has 0 amide bonds. The lowest BCUT2D eigenvalue weighted by Crippen LogP contribution is -1.96. The number of pyridine rings is 1. The van der Waals surface area contributed by atoms with Crippen LogP contribution >= 0.6 is 11.6 Å². The Bertz CT molecular complexity index is 436. The Morgan fingerprint density at radius 2 is 2.07 bits per heavy atom. The predicted octanol–water partition coefficient (Wildman–Crippen LogP) is 2.11. The van der Waals surface area contributed by atoms with Gasteiger partial charge in [0.15, 0.2) is 11.9 Å². The van der Waals surface area contributed by atoms with Gasteiger partial charge >= 0.3 is 0 Å². The third-order valence-corrected chi connectivity index (χ3v) is 1.84. The Morgan fingerprint density at radius 1 is 1.13 bits per heavy atom. The van der Waals surface area contributed by atoms with Crippen LogP contribution in [0.3, 0.4) is 0 Å². The molecule has 2 aromatic heterocycles. The van der Waals surface area contributed by atoms with Gasteiger partial charge in [-0.3, -0.25) is 4.98 Å². The van der Waals surface area contributed by atoms with E-state index in [1.165, 1.54) is 0 Å². The lowest BCUT2D eigenvalue weighted by molar-refractivity contribution is 0.372. The molecule has 0 aliphatic carbocycles. The van der Waals surface area contributed by atoms with Gasteiger partial charge in [-0.2, -0.15) is 4.98 Å². The highest BCUT2D eigenvalue weighted by atomic mass is 35.5. The number of rotatable bonds is 3. The van der Waals surface area contributed by atoms with Crippen LogP contribution in [-0.2, 0) is 0 Å². The molecular weight excluding hydrogens is 214 g/mol. The van der Waals surface area contributed by atoms with E-state index >= 15 is 0 Å². The fourth-order valence-electron chi connectivity index (χ4n) is 1.10. The number of alkyl halides is 1. The zero-order chi connectivity index (χ0) is 10.5. The van der Waals surface area contributed by atoms with E-state index in [0.29, 0.717) is 17.4 Å². The zero-order valence-electron chi connectivity index (χ0n) is 7.80. The van der Waals surface area contributed by atoms with Crippen molar-refractivity contribution in [3.8, 4) is 17.4 Å². The highest BCUT2D eigenvalue weighted by Crippen LogP contribution is 2.14. The Morgan fingerprint density at radius 3 is 2.80 bits per heavy atom. The predicted molar refractivity (Wildman–Crippen MR) is 56.6 cm³/mol. The number of hydrogen-bond donors (Lipinski definition) is 0. The minimum atomic E-state index is 0.0681. The van der Waals surface area contributed by atoms with Crippen LogP contribution in [0, 0.1) is 0 Å². The first-order valence-electron chi connectivity index (χ1n) is 4.33. The highest BCUT2D eigenvalue weighted by Gasteiger charge is 2.03. The molecule has 0 aliphatic heterocycles. The van der Waals surface area contributed by atoms with Crippen molar-refractivity contribution in [3.63, 3.8) is 0 Å². The molecule has 0 aliphatic rings. The van der Waals surface area contributed by atoms with Gasteiger partial charge in [0.1, 0.15) is 5.69 Å². The lowest BCUT2D eigenvalue weighted by atomic mass is 10.3. The molecule has 0 bridgehead atoms. The van der Waals surface area contributed by atoms with Gasteiger partial charge in [0.05, 0.1) is 0 Å². The van der Waals surface area contributed by atoms with E-state index in [1.807, 2.05) is 18.2 Å². The molecule has 76 valence electrons. The first-order chi connectivity index (χ1) is 7.40. The van der Waals surface area contributed by atoms with E-state index in [2.05, 4.69) is 15.0 Å². The summed E-state index contributed by atoms with van der Waals surface area (Å²) in [4.78, 5) is 12.4. The third kappa shape index (κ3) is 2.41. The summed E-state index contributed by atoms with van der Waals surface area (Å²) >= 11 is 5.44. The van der Waals surface area contributed by atoms with Gasteiger partial charge in [-0.25, -0.2) is 4.98 Å². The molecule has 2 heterocycles. The topological polar surface area (TPSA) is 47.9 Å². The molecule has 0 spiro atoms. The highest BCUT2D eigenvalue weighted by molar-refractivity contribution is 6.17. The summed E-state index contributed by atoms with van der Waals surface area (Å²) in [5.41, 5.74) is 0.706. The fourth-order valence-corrected chi connectivity index (χ4v) is 1.21. The van der Waals surface area contributed by atoms with Crippen LogP contribution in [0.4, 0.5) is 0 Å². The normalized spacial score (nSPS) is 9.93. The van der Waals surface area contributed by atoms with Crippen molar-refractivity contribution in [3.05, 3.63) is 36.7 Å². The maximum absolute atomic E-state index is 5.44. The van der Waals surface area contributed by atoms with E-state index in [1.54, 1.807) is 18.5 Å². The van der Waals surface area contributed by atoms with Gasteiger partial charge < -0.3 is 4.74 Å². The van der Waals surface area contributed by atoms with Crippen LogP contribution in [0.5, 0.6) is 5.88 Å². The molecule has 0 saturated heterocycles. The van der Waals surface area contributed by atoms with Gasteiger partial charge in [-0.05, 0) is 12.1 Å². The SMILES string of the molecule is ClCOc1ccnc(-c2ccccn2)n1. The molecule has 4 nitrogen and oxygen atoms in total. The minimum absolute atomic E-state index is 0.0681. The minimum Gasteiger partial charge on any atom is -0.461 e. The number of aromatic nitrogens is 3. The summed E-state index contributed by atoms with van der Waals surface area (Å²) in [5, 5.41) is 0. The van der Waals surface area contributed by atoms with Crippen molar-refractivity contribution in [2.24, 2.45) is 0 Å². The molecule has 0 atom stereocenters. The summed E-state index contributed by atoms with van der Waals surface area (Å²) < 4.78 is 5.05. The average Bonchev–Trinajstić information content (AvgIpc) is 2.31. The van der Waals surface area contributed by atoms with E-state index in [0.717, 1.165) is 0 Å². The second-order valence-electron chi connectivity index (χ2n) is 2.69. The Kier molecular flexibility index (Phi) is 3.09. The van der Waals surface area contributed by atoms with Crippen LogP contribution in [0.2, 0.25) is 0 Å². The summed E-state index contributed by atoms with van der Waals surface area (Å²) in [5.74, 6) is 0.971. The number of nitrogens with zero attached hydrogens (tertiary/aromatic N) is 3. The van der Waals surface area contributed by atoms with Crippen LogP contribution in [0.1, 0.15) is 0 Å². The molecule has 0 fully saturated rings. The third-order valence-electron chi connectivity index (χ3n) is 1.73. The summed E-state index contributed by atoms with van der Waals surface area (Å²) in [6, 6.07) is 7.26. The van der Waals surface area contributed by atoms with E-state index in [4.69, 9.17) is 16.3 Å². The van der Waals surface area contributed by atoms with Gasteiger partial charge in [0, 0.05) is 18.5 Å². The molecule has 0 saturated carbocycles. The molecule has 2 aromatic rings. The first-order valence-corrected chi connectivity index (χ1v) is 4.87. The molecule has 0 N–H and O–H groups in total. The monoisotopic (exact) mass is 221 g/mol. The molecular formula is C10H8ClN3O. The van der Waals surface area contributed by atoms with Crippen LogP contribution in [0.25, 0.3) is 11.5 Å². The van der Waals surface area contributed by atoms with Gasteiger partial charge in [0.2, 0.25) is 5.88 Å². The van der Waals surface area contributed by atoms with Crippen molar-refractivity contribution in [2.45, 2.75) is 0 Å². The smallest absolute Gasteiger partial charge is 0.218 e. The van der Waals surface area contributed by atoms with Crippen molar-refractivity contribution in [2.75, 3.05) is 6.07 Å². The van der Waals surface area contributed by atoms with Crippen LogP contribution in [-0.4, -0.2) is 21.0 Å². The molecule has 0 unspecified atom stereocenters. The largest absolute Gasteiger partial charge is 0.461 e. The second kappa shape index (κ2) is 4.70. The summed E-state index contributed by atoms with van der Waals surface area (Å²) in [6.07, 6.45) is 3.30. The van der Waals surface area contributed by atoms with Crippen molar-refractivity contribution < 1.29 is 4.74 Å². The Labute approximate surface area is 91.9 Å². The molecule has 2 rings (SSSR count). The van der Waals surface area contributed by atoms with Crippen molar-refractivity contribution in [1.29, 1.82) is 0 Å². The fraction of sp³-hybridized carbons (Fsp3) is 0.100. The average molecular weight is 222 g/mol. The maximum Gasteiger partial charge on any atom is 0.218 e.